The second-order valence-corrected chi connectivity index (χ2v) is 9.01. The highest BCUT2D eigenvalue weighted by Crippen LogP contribution is 2.55. The van der Waals surface area contributed by atoms with Crippen LogP contribution >= 0.6 is 0 Å². The van der Waals surface area contributed by atoms with Gasteiger partial charge in [-0.25, -0.2) is 0 Å². The average Bonchev–Trinajstić information content (AvgIpc) is 3.51. The molecule has 0 radical (unpaired) electrons. The van der Waals surface area contributed by atoms with Crippen LogP contribution in [0.4, 0.5) is 0 Å². The first-order valence-electron chi connectivity index (χ1n) is 12.2. The van der Waals surface area contributed by atoms with Crippen molar-refractivity contribution in [2.24, 2.45) is 5.92 Å². The van der Waals surface area contributed by atoms with Crippen LogP contribution in [0.3, 0.4) is 0 Å². The molecular weight excluding hydrogens is 460 g/mol. The highest BCUT2D eigenvalue weighted by molar-refractivity contribution is 5.58. The first-order valence-corrected chi connectivity index (χ1v) is 12.2. The average molecular weight is 493 g/mol. The first-order chi connectivity index (χ1) is 17.7. The highest BCUT2D eigenvalue weighted by atomic mass is 16.7. The third kappa shape index (κ3) is 4.45. The molecule has 1 heterocycles. The van der Waals surface area contributed by atoms with Crippen molar-refractivity contribution in [3.05, 3.63) is 76.9 Å². The second-order valence-electron chi connectivity index (χ2n) is 9.01. The predicted octanol–water partition coefficient (Wildman–Crippen LogP) is 5.08. The van der Waals surface area contributed by atoms with Gasteiger partial charge in [-0.05, 0) is 53.4 Å². The van der Waals surface area contributed by atoms with Gasteiger partial charge in [-0.1, -0.05) is 25.1 Å². The Morgan fingerprint density at radius 3 is 2.42 bits per heavy atom. The van der Waals surface area contributed by atoms with Crippen LogP contribution in [0.5, 0.6) is 28.7 Å². The fourth-order valence-electron chi connectivity index (χ4n) is 5.36. The van der Waals surface area contributed by atoms with E-state index in [4.69, 9.17) is 28.4 Å². The minimum absolute atomic E-state index is 0.0145. The van der Waals surface area contributed by atoms with Crippen LogP contribution < -0.4 is 23.7 Å². The van der Waals surface area contributed by atoms with Crippen molar-refractivity contribution < 1.29 is 33.5 Å². The lowest BCUT2D eigenvalue weighted by Gasteiger charge is -2.26. The van der Waals surface area contributed by atoms with E-state index >= 15 is 0 Å². The Balaban J connectivity index is 1.65. The van der Waals surface area contributed by atoms with Gasteiger partial charge in [0.05, 0.1) is 13.7 Å². The van der Waals surface area contributed by atoms with Crippen LogP contribution in [-0.4, -0.2) is 46.1 Å². The van der Waals surface area contributed by atoms with E-state index in [1.807, 2.05) is 36.4 Å². The van der Waals surface area contributed by atoms with Gasteiger partial charge in [0.1, 0.15) is 17.2 Å². The van der Waals surface area contributed by atoms with Crippen LogP contribution in [-0.2, 0) is 4.74 Å². The fraction of sp³-hybridized carbons (Fsp3) is 0.379. The molecule has 0 spiro atoms. The van der Waals surface area contributed by atoms with E-state index in [-0.39, 0.29) is 37.9 Å². The lowest BCUT2D eigenvalue weighted by Crippen LogP contribution is -2.19. The molecule has 0 bridgehead atoms. The van der Waals surface area contributed by atoms with E-state index in [9.17, 15) is 5.11 Å². The summed E-state index contributed by atoms with van der Waals surface area (Å²) in [6, 6.07) is 18.1. The van der Waals surface area contributed by atoms with E-state index in [0.717, 1.165) is 45.9 Å². The van der Waals surface area contributed by atoms with E-state index in [1.54, 1.807) is 14.2 Å². The number of aliphatic hydroxyl groups is 1. The number of fused-ring (bicyclic) bond motifs is 2. The maximum atomic E-state index is 10.8. The molecule has 7 heteroatoms. The van der Waals surface area contributed by atoms with Gasteiger partial charge in [0.2, 0.25) is 6.79 Å². The zero-order chi connectivity index (χ0) is 25.1. The monoisotopic (exact) mass is 492 g/mol. The normalized spacial score (nSPS) is 19.7. The first kappa shape index (κ1) is 24.3. The molecular formula is C29H32O7. The molecule has 0 aromatic heterocycles. The number of hydrogen-bond donors (Lipinski definition) is 1. The van der Waals surface area contributed by atoms with Crippen LogP contribution in [0.2, 0.25) is 0 Å². The van der Waals surface area contributed by atoms with Gasteiger partial charge < -0.3 is 33.5 Å². The van der Waals surface area contributed by atoms with Gasteiger partial charge in [0.25, 0.3) is 0 Å². The summed E-state index contributed by atoms with van der Waals surface area (Å²) < 4.78 is 33.8. The molecule has 1 N–H and O–H groups in total. The van der Waals surface area contributed by atoms with Gasteiger partial charge in [0, 0.05) is 43.1 Å². The molecule has 1 aliphatic carbocycles. The Labute approximate surface area is 211 Å². The molecule has 7 nitrogen and oxygen atoms in total. The summed E-state index contributed by atoms with van der Waals surface area (Å²) in [5, 5.41) is 10.8. The zero-order valence-electron chi connectivity index (χ0n) is 20.9. The van der Waals surface area contributed by atoms with E-state index in [2.05, 4.69) is 25.1 Å². The van der Waals surface area contributed by atoms with Gasteiger partial charge in [-0.2, -0.15) is 0 Å². The van der Waals surface area contributed by atoms with Crippen LogP contribution in [0.15, 0.2) is 54.6 Å². The smallest absolute Gasteiger partial charge is 0.231 e. The van der Waals surface area contributed by atoms with Crippen molar-refractivity contribution in [1.82, 2.24) is 0 Å². The summed E-state index contributed by atoms with van der Waals surface area (Å²) in [7, 11) is 3.22. The van der Waals surface area contributed by atoms with Gasteiger partial charge in [-0.3, -0.25) is 0 Å². The number of benzene rings is 3. The largest absolute Gasteiger partial charge is 0.497 e. The molecule has 2 aliphatic rings. The molecule has 0 amide bonds. The minimum Gasteiger partial charge on any atom is -0.497 e. The molecule has 5 rings (SSSR count). The highest BCUT2D eigenvalue weighted by Gasteiger charge is 2.43. The van der Waals surface area contributed by atoms with Crippen molar-refractivity contribution in [3.63, 3.8) is 0 Å². The molecule has 3 unspecified atom stereocenters. The lowest BCUT2D eigenvalue weighted by atomic mass is 9.80. The van der Waals surface area contributed by atoms with Crippen molar-refractivity contribution in [2.75, 3.05) is 41.0 Å². The maximum Gasteiger partial charge on any atom is 0.231 e. The molecule has 1 aliphatic heterocycles. The number of aliphatic hydroxyl groups excluding tert-OH is 1. The van der Waals surface area contributed by atoms with Crippen molar-refractivity contribution in [2.45, 2.75) is 25.2 Å². The summed E-state index contributed by atoms with van der Waals surface area (Å²) in [5.41, 5.74) is 4.29. The van der Waals surface area contributed by atoms with Crippen LogP contribution in [0, 0.1) is 5.92 Å². The molecule has 190 valence electrons. The number of rotatable bonds is 10. The van der Waals surface area contributed by atoms with Crippen molar-refractivity contribution in [1.29, 1.82) is 0 Å². The summed E-state index contributed by atoms with van der Waals surface area (Å²) >= 11 is 0. The van der Waals surface area contributed by atoms with Gasteiger partial charge >= 0.3 is 0 Å². The minimum atomic E-state index is -0.139. The quantitative estimate of drug-likeness (QED) is 0.396. The Morgan fingerprint density at radius 2 is 1.64 bits per heavy atom. The predicted molar refractivity (Wildman–Crippen MR) is 135 cm³/mol. The molecule has 0 saturated carbocycles. The van der Waals surface area contributed by atoms with Gasteiger partial charge in [0.15, 0.2) is 18.3 Å². The Hall–Kier alpha value is -3.42. The third-order valence-electron chi connectivity index (χ3n) is 6.91. The second kappa shape index (κ2) is 10.7. The van der Waals surface area contributed by atoms with Crippen LogP contribution in [0.25, 0.3) is 0 Å². The third-order valence-corrected chi connectivity index (χ3v) is 6.91. The summed E-state index contributed by atoms with van der Waals surface area (Å²) in [4.78, 5) is 0. The molecule has 3 atom stereocenters. The van der Waals surface area contributed by atoms with E-state index in [1.165, 1.54) is 0 Å². The standard InChI is InChI=1S/C29H32O7/c1-4-11-33-20-7-8-21-23(13-20)29(22-9-6-19(32-3)14-26(22)34-16-31-2)24(15-30)28(21)18-5-10-25-27(12-18)36-17-35-25/h5-10,12-14,24,28-30H,4,11,15-17H2,1-3H3. The molecule has 0 fully saturated rings. The van der Waals surface area contributed by atoms with Crippen LogP contribution in [0.1, 0.15) is 47.4 Å². The van der Waals surface area contributed by atoms with E-state index < -0.39 is 0 Å². The Bertz CT molecular complexity index is 1210. The maximum absolute atomic E-state index is 10.8. The molecule has 0 saturated heterocycles. The molecule has 36 heavy (non-hydrogen) atoms. The number of ether oxygens (including phenoxy) is 6. The molecule has 3 aromatic carbocycles. The summed E-state index contributed by atoms with van der Waals surface area (Å²) in [6.45, 7) is 3.04. The summed E-state index contributed by atoms with van der Waals surface area (Å²) in [6.07, 6.45) is 0.924. The molecule has 3 aromatic rings. The lowest BCUT2D eigenvalue weighted by molar-refractivity contribution is 0.0498. The van der Waals surface area contributed by atoms with E-state index in [0.29, 0.717) is 18.1 Å². The Kier molecular flexibility index (Phi) is 7.20. The Morgan fingerprint density at radius 1 is 0.833 bits per heavy atom. The SMILES string of the molecule is CCCOc1ccc2c(c1)C(c1ccc(OC)cc1OCOC)C(CO)C2c1ccc2c(c1)OCO2. The topological polar surface area (TPSA) is 75.6 Å². The van der Waals surface area contributed by atoms with Crippen molar-refractivity contribution in [3.8, 4) is 28.7 Å². The fourth-order valence-corrected chi connectivity index (χ4v) is 5.36. The van der Waals surface area contributed by atoms with Gasteiger partial charge in [-0.15, -0.1) is 0 Å². The number of methoxy groups -OCH3 is 2. The zero-order valence-corrected chi connectivity index (χ0v) is 20.9. The summed E-state index contributed by atoms with van der Waals surface area (Å²) in [5.74, 6) is 3.31. The number of hydrogen-bond acceptors (Lipinski definition) is 7. The van der Waals surface area contributed by atoms with Crippen molar-refractivity contribution >= 4 is 0 Å².